The van der Waals surface area contributed by atoms with Crippen molar-refractivity contribution in [3.8, 4) is 11.4 Å². The molecule has 3 rings (SSSR count). The number of nitrogens with zero attached hydrogens (tertiary/aromatic N) is 3. The summed E-state index contributed by atoms with van der Waals surface area (Å²) in [5.41, 5.74) is 2.95. The maximum Gasteiger partial charge on any atom is 0.273 e. The molecular formula is C18H23N5O3. The lowest BCUT2D eigenvalue weighted by Gasteiger charge is -2.14. The molecule has 2 aromatic rings. The van der Waals surface area contributed by atoms with Gasteiger partial charge in [-0.05, 0) is 45.2 Å². The highest BCUT2D eigenvalue weighted by Gasteiger charge is 2.27. The molecule has 1 fully saturated rings. The monoisotopic (exact) mass is 357 g/mol. The second kappa shape index (κ2) is 7.15. The average Bonchev–Trinajstić information content (AvgIpc) is 3.34. The Morgan fingerprint density at radius 1 is 1.27 bits per heavy atom. The van der Waals surface area contributed by atoms with E-state index in [1.165, 1.54) is 7.11 Å². The minimum Gasteiger partial charge on any atom is -0.496 e. The molecule has 0 unspecified atom stereocenters. The first kappa shape index (κ1) is 17.9. The van der Waals surface area contributed by atoms with Gasteiger partial charge in [-0.3, -0.25) is 9.59 Å². The maximum atomic E-state index is 12.3. The van der Waals surface area contributed by atoms with Crippen molar-refractivity contribution >= 4 is 11.8 Å². The van der Waals surface area contributed by atoms with Crippen LogP contribution in [0.3, 0.4) is 0 Å². The number of aryl methyl sites for hydroxylation is 1. The Bertz CT molecular complexity index is 855. The fourth-order valence-electron chi connectivity index (χ4n) is 2.76. The van der Waals surface area contributed by atoms with Crippen LogP contribution in [0.15, 0.2) is 12.1 Å². The van der Waals surface area contributed by atoms with Crippen molar-refractivity contribution in [1.29, 1.82) is 0 Å². The zero-order valence-electron chi connectivity index (χ0n) is 15.4. The van der Waals surface area contributed by atoms with Crippen LogP contribution in [0.5, 0.6) is 5.75 Å². The van der Waals surface area contributed by atoms with E-state index < -0.39 is 0 Å². The molecule has 8 heteroatoms. The highest BCUT2D eigenvalue weighted by atomic mass is 16.5. The van der Waals surface area contributed by atoms with Crippen molar-refractivity contribution in [2.24, 2.45) is 0 Å². The topological polar surface area (TPSA) is 98.1 Å². The van der Waals surface area contributed by atoms with E-state index in [-0.39, 0.29) is 17.9 Å². The summed E-state index contributed by atoms with van der Waals surface area (Å²) in [5.74, 6) is 0.0362. The van der Waals surface area contributed by atoms with Crippen LogP contribution in [0.2, 0.25) is 0 Å². The predicted octanol–water partition coefficient (Wildman–Crippen LogP) is 1.53. The molecule has 2 N–H and O–H groups in total. The number of ether oxygens (including phenoxy) is 1. The van der Waals surface area contributed by atoms with E-state index in [0.717, 1.165) is 18.4 Å². The third kappa shape index (κ3) is 3.40. The fourth-order valence-corrected chi connectivity index (χ4v) is 2.76. The molecule has 1 aliphatic carbocycles. The SMILES string of the molecule is CCNC(=O)c1cc(C)c(-n2nnc(C(=O)NC3CC3)c2C)cc1OC. The van der Waals surface area contributed by atoms with Gasteiger partial charge in [0.2, 0.25) is 0 Å². The van der Waals surface area contributed by atoms with Gasteiger partial charge in [0.25, 0.3) is 11.8 Å². The summed E-state index contributed by atoms with van der Waals surface area (Å²) in [5, 5.41) is 13.9. The number of amides is 2. The van der Waals surface area contributed by atoms with Crippen molar-refractivity contribution in [3.63, 3.8) is 0 Å². The average molecular weight is 357 g/mol. The van der Waals surface area contributed by atoms with E-state index in [2.05, 4.69) is 20.9 Å². The van der Waals surface area contributed by atoms with E-state index in [9.17, 15) is 9.59 Å². The van der Waals surface area contributed by atoms with E-state index in [1.807, 2.05) is 13.8 Å². The van der Waals surface area contributed by atoms with E-state index in [4.69, 9.17) is 4.74 Å². The first-order valence-electron chi connectivity index (χ1n) is 8.66. The fraction of sp³-hybridized carbons (Fsp3) is 0.444. The minimum absolute atomic E-state index is 0.196. The number of rotatable bonds is 6. The van der Waals surface area contributed by atoms with Crippen molar-refractivity contribution < 1.29 is 14.3 Å². The van der Waals surface area contributed by atoms with Crippen LogP contribution in [0.1, 0.15) is 51.9 Å². The zero-order chi connectivity index (χ0) is 18.8. The smallest absolute Gasteiger partial charge is 0.273 e. The molecule has 1 saturated carbocycles. The standard InChI is InChI=1S/C18H23N5O3/c1-5-19-17(24)13-8-10(2)14(9-15(13)26-4)23-11(3)16(21-22-23)18(25)20-12-6-7-12/h8-9,12H,5-7H2,1-4H3,(H,19,24)(H,20,25). The van der Waals surface area contributed by atoms with Crippen molar-refractivity contribution in [2.45, 2.75) is 39.7 Å². The van der Waals surface area contributed by atoms with Gasteiger partial charge in [0, 0.05) is 18.7 Å². The van der Waals surface area contributed by atoms with Crippen LogP contribution < -0.4 is 15.4 Å². The number of nitrogens with one attached hydrogen (secondary N) is 2. The number of carbonyl (C=O) groups is 2. The molecule has 138 valence electrons. The molecule has 0 radical (unpaired) electrons. The highest BCUT2D eigenvalue weighted by Crippen LogP contribution is 2.27. The van der Waals surface area contributed by atoms with Crippen LogP contribution in [-0.4, -0.2) is 46.5 Å². The van der Waals surface area contributed by atoms with Crippen LogP contribution in [0.4, 0.5) is 0 Å². The van der Waals surface area contributed by atoms with E-state index in [0.29, 0.717) is 34.9 Å². The number of hydrogen-bond acceptors (Lipinski definition) is 5. The molecule has 1 heterocycles. The normalized spacial score (nSPS) is 13.4. The van der Waals surface area contributed by atoms with Gasteiger partial charge < -0.3 is 15.4 Å². The van der Waals surface area contributed by atoms with E-state index >= 15 is 0 Å². The molecule has 1 aliphatic rings. The quantitative estimate of drug-likeness (QED) is 0.817. The summed E-state index contributed by atoms with van der Waals surface area (Å²) in [6.07, 6.45) is 2.02. The van der Waals surface area contributed by atoms with Gasteiger partial charge in [-0.2, -0.15) is 0 Å². The minimum atomic E-state index is -0.209. The maximum absolute atomic E-state index is 12.3. The Kier molecular flexibility index (Phi) is 4.92. The van der Waals surface area contributed by atoms with Crippen LogP contribution in [-0.2, 0) is 0 Å². The molecule has 0 atom stereocenters. The van der Waals surface area contributed by atoms with Crippen molar-refractivity contribution in [2.75, 3.05) is 13.7 Å². The number of aromatic nitrogens is 3. The van der Waals surface area contributed by atoms with Crippen LogP contribution >= 0.6 is 0 Å². The van der Waals surface area contributed by atoms with Gasteiger partial charge in [0.1, 0.15) is 5.75 Å². The van der Waals surface area contributed by atoms with Crippen LogP contribution in [0, 0.1) is 13.8 Å². The van der Waals surface area contributed by atoms with Crippen LogP contribution in [0.25, 0.3) is 5.69 Å². The second-order valence-corrected chi connectivity index (χ2v) is 6.38. The molecule has 0 aliphatic heterocycles. The first-order valence-corrected chi connectivity index (χ1v) is 8.66. The summed E-state index contributed by atoms with van der Waals surface area (Å²) >= 11 is 0. The lowest BCUT2D eigenvalue weighted by molar-refractivity contribution is 0.0940. The molecule has 0 bridgehead atoms. The molecule has 1 aromatic carbocycles. The van der Waals surface area contributed by atoms with Gasteiger partial charge in [-0.1, -0.05) is 5.21 Å². The molecule has 1 aromatic heterocycles. The number of methoxy groups -OCH3 is 1. The third-order valence-electron chi connectivity index (χ3n) is 4.35. The molecule has 0 spiro atoms. The summed E-state index contributed by atoms with van der Waals surface area (Å²) in [6.45, 7) is 6.07. The zero-order valence-corrected chi connectivity index (χ0v) is 15.4. The predicted molar refractivity (Wildman–Crippen MR) is 95.9 cm³/mol. The summed E-state index contributed by atoms with van der Waals surface area (Å²) in [4.78, 5) is 24.5. The molecular weight excluding hydrogens is 334 g/mol. The summed E-state index contributed by atoms with van der Waals surface area (Å²) < 4.78 is 6.98. The van der Waals surface area contributed by atoms with Gasteiger partial charge in [0.05, 0.1) is 24.1 Å². The van der Waals surface area contributed by atoms with Gasteiger partial charge in [-0.15, -0.1) is 5.10 Å². The van der Waals surface area contributed by atoms with Gasteiger partial charge in [0.15, 0.2) is 5.69 Å². The van der Waals surface area contributed by atoms with E-state index in [1.54, 1.807) is 23.7 Å². The summed E-state index contributed by atoms with van der Waals surface area (Å²) in [7, 11) is 1.51. The Morgan fingerprint density at radius 2 is 2.00 bits per heavy atom. The highest BCUT2D eigenvalue weighted by molar-refractivity contribution is 5.97. The number of hydrogen-bond donors (Lipinski definition) is 2. The second-order valence-electron chi connectivity index (χ2n) is 6.38. The van der Waals surface area contributed by atoms with Crippen molar-refractivity contribution in [1.82, 2.24) is 25.6 Å². The Morgan fingerprint density at radius 3 is 2.62 bits per heavy atom. The first-order chi connectivity index (χ1) is 12.5. The Balaban J connectivity index is 1.97. The largest absolute Gasteiger partial charge is 0.496 e. The molecule has 0 saturated heterocycles. The Labute approximate surface area is 151 Å². The molecule has 2 amide bonds. The molecule has 8 nitrogen and oxygen atoms in total. The summed E-state index contributed by atoms with van der Waals surface area (Å²) in [6, 6.07) is 3.75. The lowest BCUT2D eigenvalue weighted by Crippen LogP contribution is -2.26. The number of carbonyl (C=O) groups excluding carboxylic acids is 2. The third-order valence-corrected chi connectivity index (χ3v) is 4.35. The van der Waals surface area contributed by atoms with Gasteiger partial charge >= 0.3 is 0 Å². The number of benzene rings is 1. The molecule has 26 heavy (non-hydrogen) atoms. The lowest BCUT2D eigenvalue weighted by atomic mass is 10.1. The Hall–Kier alpha value is -2.90. The van der Waals surface area contributed by atoms with Crippen molar-refractivity contribution in [3.05, 3.63) is 34.6 Å². The van der Waals surface area contributed by atoms with Gasteiger partial charge in [-0.25, -0.2) is 4.68 Å².